The second kappa shape index (κ2) is 7.33. The molecule has 0 spiro atoms. The molecule has 0 radical (unpaired) electrons. The van der Waals surface area contributed by atoms with Gasteiger partial charge in [0, 0.05) is 17.3 Å². The Morgan fingerprint density at radius 3 is 2.56 bits per heavy atom. The van der Waals surface area contributed by atoms with Crippen LogP contribution in [0, 0.1) is 0 Å². The maximum Gasteiger partial charge on any atom is 0.271 e. The number of pyridine rings is 1. The monoisotopic (exact) mass is 458 g/mol. The second-order valence-electron chi connectivity index (χ2n) is 5.14. The SMILES string of the molecule is O=c1ccc(NS(=O)(=O)c2ccc(Br)s2)cn1Cc1ccccc1Cl. The summed E-state index contributed by atoms with van der Waals surface area (Å²) < 4.78 is 29.6. The van der Waals surface area contributed by atoms with Crippen LogP contribution in [0.5, 0.6) is 0 Å². The number of hydrogen-bond donors (Lipinski definition) is 1. The van der Waals surface area contributed by atoms with Crippen LogP contribution >= 0.6 is 38.9 Å². The maximum atomic E-state index is 12.4. The van der Waals surface area contributed by atoms with E-state index in [2.05, 4.69) is 20.7 Å². The molecular weight excluding hydrogens is 448 g/mol. The lowest BCUT2D eigenvalue weighted by Gasteiger charge is -2.11. The molecule has 0 aliphatic rings. The first-order chi connectivity index (χ1) is 11.8. The Labute approximate surface area is 162 Å². The van der Waals surface area contributed by atoms with E-state index in [1.54, 1.807) is 18.2 Å². The van der Waals surface area contributed by atoms with E-state index >= 15 is 0 Å². The van der Waals surface area contributed by atoms with Crippen molar-refractivity contribution in [2.75, 3.05) is 4.72 Å². The zero-order valence-corrected chi connectivity index (χ0v) is 16.6. The van der Waals surface area contributed by atoms with Crippen molar-refractivity contribution in [3.8, 4) is 0 Å². The van der Waals surface area contributed by atoms with Crippen molar-refractivity contribution in [2.45, 2.75) is 10.8 Å². The van der Waals surface area contributed by atoms with Crippen LogP contribution in [-0.2, 0) is 16.6 Å². The lowest BCUT2D eigenvalue weighted by molar-refractivity contribution is 0.603. The average Bonchev–Trinajstić information content (AvgIpc) is 3.00. The molecule has 0 bridgehead atoms. The number of thiophene rings is 1. The lowest BCUT2D eigenvalue weighted by atomic mass is 10.2. The van der Waals surface area contributed by atoms with Gasteiger partial charge in [-0.2, -0.15) is 0 Å². The predicted octanol–water partition coefficient (Wildman–Crippen LogP) is 4.17. The second-order valence-corrected chi connectivity index (χ2v) is 9.92. The highest BCUT2D eigenvalue weighted by Gasteiger charge is 2.17. The average molecular weight is 460 g/mol. The Kier molecular flexibility index (Phi) is 5.33. The highest BCUT2D eigenvalue weighted by molar-refractivity contribution is 9.11. The van der Waals surface area contributed by atoms with E-state index < -0.39 is 10.0 Å². The largest absolute Gasteiger partial charge is 0.309 e. The molecule has 0 saturated carbocycles. The van der Waals surface area contributed by atoms with Gasteiger partial charge in [-0.25, -0.2) is 8.42 Å². The van der Waals surface area contributed by atoms with Gasteiger partial charge in [-0.1, -0.05) is 29.8 Å². The lowest BCUT2D eigenvalue weighted by Crippen LogP contribution is -2.21. The molecule has 5 nitrogen and oxygen atoms in total. The molecule has 0 saturated heterocycles. The molecule has 0 aliphatic heterocycles. The molecule has 3 aromatic rings. The summed E-state index contributed by atoms with van der Waals surface area (Å²) in [6.45, 7) is 0.249. The van der Waals surface area contributed by atoms with Gasteiger partial charge < -0.3 is 4.57 Å². The number of nitrogens with one attached hydrogen (secondary N) is 1. The Balaban J connectivity index is 1.89. The van der Waals surface area contributed by atoms with Gasteiger partial charge in [0.1, 0.15) is 4.21 Å². The first-order valence-corrected chi connectivity index (χ1v) is 10.5. The minimum Gasteiger partial charge on any atom is -0.309 e. The molecule has 1 aromatic carbocycles. The molecule has 9 heteroatoms. The number of sulfonamides is 1. The van der Waals surface area contributed by atoms with Gasteiger partial charge in [0.25, 0.3) is 15.6 Å². The summed E-state index contributed by atoms with van der Waals surface area (Å²) in [5.74, 6) is 0. The molecule has 0 amide bonds. The Hall–Kier alpha value is -1.61. The van der Waals surface area contributed by atoms with Crippen LogP contribution in [0.15, 0.2) is 67.5 Å². The number of hydrogen-bond acceptors (Lipinski definition) is 4. The third-order valence-corrected chi connectivity index (χ3v) is 7.21. The van der Waals surface area contributed by atoms with Gasteiger partial charge in [0.05, 0.1) is 16.0 Å². The first kappa shape index (κ1) is 18.2. The minimum absolute atomic E-state index is 0.184. The number of rotatable bonds is 5. The molecule has 25 heavy (non-hydrogen) atoms. The van der Waals surface area contributed by atoms with Crippen molar-refractivity contribution in [1.29, 1.82) is 0 Å². The van der Waals surface area contributed by atoms with Crippen molar-refractivity contribution in [3.05, 3.63) is 79.5 Å². The van der Waals surface area contributed by atoms with Gasteiger partial charge in [-0.05, 0) is 45.8 Å². The molecule has 130 valence electrons. The molecular formula is C16H12BrClN2O3S2. The molecule has 0 atom stereocenters. The Morgan fingerprint density at radius 2 is 1.88 bits per heavy atom. The zero-order chi connectivity index (χ0) is 18.0. The summed E-state index contributed by atoms with van der Waals surface area (Å²) in [4.78, 5) is 12.1. The zero-order valence-electron chi connectivity index (χ0n) is 12.6. The maximum absolute atomic E-state index is 12.4. The van der Waals surface area contributed by atoms with Crippen molar-refractivity contribution >= 4 is 54.6 Å². The van der Waals surface area contributed by atoms with E-state index in [1.807, 2.05) is 12.1 Å². The van der Waals surface area contributed by atoms with Crippen molar-refractivity contribution in [1.82, 2.24) is 4.57 Å². The van der Waals surface area contributed by atoms with Crippen LogP contribution in [0.25, 0.3) is 0 Å². The van der Waals surface area contributed by atoms with Crippen molar-refractivity contribution in [3.63, 3.8) is 0 Å². The summed E-state index contributed by atoms with van der Waals surface area (Å²) in [6.07, 6.45) is 1.46. The highest BCUT2D eigenvalue weighted by atomic mass is 79.9. The first-order valence-electron chi connectivity index (χ1n) is 7.07. The van der Waals surface area contributed by atoms with E-state index in [1.165, 1.54) is 29.0 Å². The third kappa shape index (κ3) is 4.33. The Bertz CT molecular complexity index is 1080. The van der Waals surface area contributed by atoms with Crippen LogP contribution in [0.1, 0.15) is 5.56 Å². The summed E-state index contributed by atoms with van der Waals surface area (Å²) in [5.41, 5.74) is 0.825. The third-order valence-electron chi connectivity index (χ3n) is 3.35. The molecule has 0 fully saturated rings. The normalized spacial score (nSPS) is 11.4. The number of benzene rings is 1. The van der Waals surface area contributed by atoms with Crippen LogP contribution in [0.3, 0.4) is 0 Å². The number of aromatic nitrogens is 1. The smallest absolute Gasteiger partial charge is 0.271 e. The predicted molar refractivity (Wildman–Crippen MR) is 104 cm³/mol. The van der Waals surface area contributed by atoms with E-state index in [0.29, 0.717) is 10.7 Å². The number of nitrogens with zero attached hydrogens (tertiary/aromatic N) is 1. The van der Waals surface area contributed by atoms with Gasteiger partial charge in [0.2, 0.25) is 0 Å². The number of anilines is 1. The van der Waals surface area contributed by atoms with Crippen molar-refractivity contribution < 1.29 is 8.42 Å². The van der Waals surface area contributed by atoms with Crippen molar-refractivity contribution in [2.24, 2.45) is 0 Å². The van der Waals surface area contributed by atoms with E-state index in [0.717, 1.165) is 20.7 Å². The molecule has 2 heterocycles. The fraction of sp³-hybridized carbons (Fsp3) is 0.0625. The highest BCUT2D eigenvalue weighted by Crippen LogP contribution is 2.27. The number of halogens is 2. The van der Waals surface area contributed by atoms with Crippen LogP contribution in [-0.4, -0.2) is 13.0 Å². The van der Waals surface area contributed by atoms with Crippen LogP contribution < -0.4 is 10.3 Å². The fourth-order valence-electron chi connectivity index (χ4n) is 2.17. The topological polar surface area (TPSA) is 68.2 Å². The van der Waals surface area contributed by atoms with Gasteiger partial charge in [0.15, 0.2) is 0 Å². The van der Waals surface area contributed by atoms with Gasteiger partial charge in [-0.3, -0.25) is 9.52 Å². The summed E-state index contributed by atoms with van der Waals surface area (Å²) >= 11 is 10.5. The van der Waals surface area contributed by atoms with Gasteiger partial charge >= 0.3 is 0 Å². The molecule has 0 aliphatic carbocycles. The van der Waals surface area contributed by atoms with E-state index in [4.69, 9.17) is 11.6 Å². The van der Waals surface area contributed by atoms with E-state index in [-0.39, 0.29) is 16.3 Å². The fourth-order valence-corrected chi connectivity index (χ4v) is 5.42. The van der Waals surface area contributed by atoms with Gasteiger partial charge in [-0.15, -0.1) is 11.3 Å². The standard InChI is InChI=1S/C16H12BrClN2O3S2/c17-14-6-8-16(24-14)25(22,23)19-12-5-7-15(21)20(10-12)9-11-3-1-2-4-13(11)18/h1-8,10,19H,9H2. The minimum atomic E-state index is -3.71. The van der Waals surface area contributed by atoms with Crippen LogP contribution in [0.2, 0.25) is 5.02 Å². The van der Waals surface area contributed by atoms with E-state index in [9.17, 15) is 13.2 Å². The molecule has 1 N–H and O–H groups in total. The van der Waals surface area contributed by atoms with Crippen LogP contribution in [0.4, 0.5) is 5.69 Å². The molecule has 2 aromatic heterocycles. The summed E-state index contributed by atoms with van der Waals surface area (Å²) in [5, 5.41) is 0.545. The molecule has 3 rings (SSSR count). The Morgan fingerprint density at radius 1 is 1.12 bits per heavy atom. The summed E-state index contributed by atoms with van der Waals surface area (Å²) in [6, 6.07) is 13.1. The summed E-state index contributed by atoms with van der Waals surface area (Å²) in [7, 11) is -3.71. The molecule has 0 unspecified atom stereocenters. The quantitative estimate of drug-likeness (QED) is 0.622.